The molecule has 8 heteroatoms. The van der Waals surface area contributed by atoms with Crippen molar-refractivity contribution in [2.45, 2.75) is 39.3 Å². The number of ether oxygens (including phenoxy) is 1. The predicted octanol–water partition coefficient (Wildman–Crippen LogP) is 2.32. The van der Waals surface area contributed by atoms with Gasteiger partial charge in [-0.05, 0) is 32.8 Å². The normalized spacial score (nSPS) is 15.5. The highest BCUT2D eigenvalue weighted by Crippen LogP contribution is 2.24. The summed E-state index contributed by atoms with van der Waals surface area (Å²) in [5, 5.41) is 6.78. The molecule has 26 heavy (non-hydrogen) atoms. The Morgan fingerprint density at radius 3 is 2.85 bits per heavy atom. The van der Waals surface area contributed by atoms with E-state index in [2.05, 4.69) is 25.0 Å². The lowest BCUT2D eigenvalue weighted by molar-refractivity contribution is 0.0704. The molecule has 3 aromatic heterocycles. The van der Waals surface area contributed by atoms with E-state index in [4.69, 9.17) is 9.26 Å². The fraction of sp³-hybridized carbons (Fsp3) is 0.444. The zero-order valence-corrected chi connectivity index (χ0v) is 14.9. The van der Waals surface area contributed by atoms with Gasteiger partial charge in [-0.15, -0.1) is 0 Å². The number of rotatable bonds is 4. The first-order chi connectivity index (χ1) is 12.6. The summed E-state index contributed by atoms with van der Waals surface area (Å²) in [4.78, 5) is 21.4. The van der Waals surface area contributed by atoms with Crippen LogP contribution in [-0.2, 0) is 11.3 Å². The second kappa shape index (κ2) is 6.87. The van der Waals surface area contributed by atoms with Gasteiger partial charge in [-0.1, -0.05) is 5.16 Å². The van der Waals surface area contributed by atoms with Crippen molar-refractivity contribution in [3.63, 3.8) is 0 Å². The Bertz CT molecular complexity index is 920. The highest BCUT2D eigenvalue weighted by molar-refractivity contribution is 5.96. The van der Waals surface area contributed by atoms with Crippen LogP contribution >= 0.6 is 0 Å². The lowest BCUT2D eigenvalue weighted by atomic mass is 10.1. The van der Waals surface area contributed by atoms with Crippen molar-refractivity contribution in [3.05, 3.63) is 41.2 Å². The van der Waals surface area contributed by atoms with Gasteiger partial charge in [0.15, 0.2) is 5.65 Å². The number of hydrogen-bond acceptors (Lipinski definition) is 6. The summed E-state index contributed by atoms with van der Waals surface area (Å²) in [6.07, 6.45) is 5.31. The van der Waals surface area contributed by atoms with Crippen LogP contribution in [0, 0.1) is 13.8 Å². The van der Waals surface area contributed by atoms with Crippen LogP contribution in [0.5, 0.6) is 0 Å². The topological polar surface area (TPSA) is 95.1 Å². The monoisotopic (exact) mass is 355 g/mol. The molecule has 1 fully saturated rings. The summed E-state index contributed by atoms with van der Waals surface area (Å²) in [5.41, 5.74) is 3.70. The lowest BCUT2D eigenvalue weighted by Gasteiger charge is -2.23. The first kappa shape index (κ1) is 16.7. The molecular weight excluding hydrogens is 334 g/mol. The summed E-state index contributed by atoms with van der Waals surface area (Å²) in [5.74, 6) is 0.520. The molecule has 4 heterocycles. The summed E-state index contributed by atoms with van der Waals surface area (Å²) >= 11 is 0. The van der Waals surface area contributed by atoms with Crippen LogP contribution < -0.4 is 5.32 Å². The molecule has 3 aromatic rings. The minimum Gasteiger partial charge on any atom is -0.381 e. The Hall–Kier alpha value is -2.74. The van der Waals surface area contributed by atoms with Crippen LogP contribution in [0.4, 0.5) is 0 Å². The molecule has 1 saturated heterocycles. The fourth-order valence-electron chi connectivity index (χ4n) is 3.30. The summed E-state index contributed by atoms with van der Waals surface area (Å²) in [6, 6.07) is 2.13. The molecule has 4 rings (SSSR count). The Kier molecular flexibility index (Phi) is 4.42. The first-order valence-corrected chi connectivity index (χ1v) is 8.74. The number of fused-ring (bicyclic) bond motifs is 1. The molecule has 8 nitrogen and oxygen atoms in total. The number of imidazole rings is 1. The molecule has 136 valence electrons. The largest absolute Gasteiger partial charge is 0.381 e. The van der Waals surface area contributed by atoms with E-state index in [1.54, 1.807) is 18.6 Å². The number of aryl methyl sites for hydroxylation is 2. The number of carbonyl (C=O) groups is 1. The van der Waals surface area contributed by atoms with Gasteiger partial charge < -0.3 is 19.1 Å². The van der Waals surface area contributed by atoms with E-state index in [-0.39, 0.29) is 5.91 Å². The smallest absolute Gasteiger partial charge is 0.253 e. The zero-order chi connectivity index (χ0) is 18.1. The van der Waals surface area contributed by atoms with E-state index < -0.39 is 0 Å². The lowest BCUT2D eigenvalue weighted by Crippen LogP contribution is -2.23. The van der Waals surface area contributed by atoms with Gasteiger partial charge in [0, 0.05) is 37.6 Å². The zero-order valence-electron chi connectivity index (χ0n) is 14.9. The van der Waals surface area contributed by atoms with Crippen LogP contribution in [0.25, 0.3) is 11.2 Å². The third-order valence-electron chi connectivity index (χ3n) is 4.87. The number of carbonyl (C=O) groups excluding carboxylic acids is 1. The van der Waals surface area contributed by atoms with Crippen LogP contribution in [0.3, 0.4) is 0 Å². The van der Waals surface area contributed by atoms with Crippen molar-refractivity contribution < 1.29 is 14.1 Å². The fourth-order valence-corrected chi connectivity index (χ4v) is 3.30. The average Bonchev–Trinajstić information content (AvgIpc) is 3.23. The molecule has 0 unspecified atom stereocenters. The van der Waals surface area contributed by atoms with Crippen LogP contribution in [0.15, 0.2) is 23.1 Å². The van der Waals surface area contributed by atoms with Gasteiger partial charge in [0.25, 0.3) is 5.91 Å². The molecule has 0 aliphatic carbocycles. The van der Waals surface area contributed by atoms with E-state index in [0.717, 1.165) is 48.5 Å². The van der Waals surface area contributed by atoms with Crippen LogP contribution in [0.1, 0.15) is 46.3 Å². The van der Waals surface area contributed by atoms with Crippen LogP contribution in [-0.4, -0.2) is 38.8 Å². The molecule has 0 radical (unpaired) electrons. The molecule has 1 N–H and O–H groups in total. The second-order valence-electron chi connectivity index (χ2n) is 6.55. The molecule has 0 aromatic carbocycles. The standard InChI is InChI=1S/C18H21N5O3/c1-11-15(12(2)26-22-11)9-20-18(24)13-7-16-17(19-8-13)23(10-21-16)14-3-5-25-6-4-14/h7-8,10,14H,3-6,9H2,1-2H3,(H,20,24). The summed E-state index contributed by atoms with van der Waals surface area (Å²) in [7, 11) is 0. The molecule has 1 aliphatic rings. The first-order valence-electron chi connectivity index (χ1n) is 8.74. The Morgan fingerprint density at radius 1 is 1.31 bits per heavy atom. The maximum Gasteiger partial charge on any atom is 0.253 e. The third-order valence-corrected chi connectivity index (χ3v) is 4.87. The molecule has 0 atom stereocenters. The average molecular weight is 355 g/mol. The number of pyridine rings is 1. The van der Waals surface area contributed by atoms with E-state index in [0.29, 0.717) is 23.9 Å². The number of nitrogens with one attached hydrogen (secondary N) is 1. The molecule has 0 bridgehead atoms. The van der Waals surface area contributed by atoms with Gasteiger partial charge in [0.05, 0.1) is 17.6 Å². The molecule has 1 amide bonds. The third kappa shape index (κ3) is 3.08. The van der Waals surface area contributed by atoms with E-state index >= 15 is 0 Å². The SMILES string of the molecule is Cc1noc(C)c1CNC(=O)c1cnc2c(c1)ncn2C1CCOCC1. The van der Waals surface area contributed by atoms with Crippen molar-refractivity contribution in [2.75, 3.05) is 13.2 Å². The quantitative estimate of drug-likeness (QED) is 0.772. The minimum atomic E-state index is -0.194. The van der Waals surface area contributed by atoms with Gasteiger partial charge in [-0.2, -0.15) is 0 Å². The van der Waals surface area contributed by atoms with Gasteiger partial charge >= 0.3 is 0 Å². The molecular formula is C18H21N5O3. The van der Waals surface area contributed by atoms with Gasteiger partial charge in [0.1, 0.15) is 11.3 Å². The Balaban J connectivity index is 1.51. The van der Waals surface area contributed by atoms with Crippen molar-refractivity contribution in [3.8, 4) is 0 Å². The van der Waals surface area contributed by atoms with Crippen molar-refractivity contribution in [1.82, 2.24) is 25.0 Å². The van der Waals surface area contributed by atoms with Crippen molar-refractivity contribution >= 4 is 17.1 Å². The molecule has 0 saturated carbocycles. The summed E-state index contributed by atoms with van der Waals surface area (Å²) in [6.45, 7) is 5.57. The van der Waals surface area contributed by atoms with Crippen molar-refractivity contribution in [1.29, 1.82) is 0 Å². The maximum absolute atomic E-state index is 12.5. The maximum atomic E-state index is 12.5. The number of hydrogen-bond donors (Lipinski definition) is 1. The second-order valence-corrected chi connectivity index (χ2v) is 6.55. The van der Waals surface area contributed by atoms with Gasteiger partial charge in [0.2, 0.25) is 0 Å². The highest BCUT2D eigenvalue weighted by atomic mass is 16.5. The molecule has 0 spiro atoms. The number of nitrogens with zero attached hydrogens (tertiary/aromatic N) is 4. The van der Waals surface area contributed by atoms with Crippen molar-refractivity contribution in [2.24, 2.45) is 0 Å². The van der Waals surface area contributed by atoms with E-state index in [1.807, 2.05) is 13.8 Å². The van der Waals surface area contributed by atoms with Crippen LogP contribution in [0.2, 0.25) is 0 Å². The van der Waals surface area contributed by atoms with E-state index in [1.165, 1.54) is 0 Å². The molecule has 1 aliphatic heterocycles. The Morgan fingerprint density at radius 2 is 2.12 bits per heavy atom. The van der Waals surface area contributed by atoms with Gasteiger partial charge in [-0.25, -0.2) is 9.97 Å². The predicted molar refractivity (Wildman–Crippen MR) is 93.8 cm³/mol. The van der Waals surface area contributed by atoms with Gasteiger partial charge in [-0.3, -0.25) is 4.79 Å². The Labute approximate surface area is 150 Å². The number of amides is 1. The van der Waals surface area contributed by atoms with E-state index in [9.17, 15) is 4.79 Å². The highest BCUT2D eigenvalue weighted by Gasteiger charge is 2.19. The summed E-state index contributed by atoms with van der Waals surface area (Å²) < 4.78 is 12.6. The minimum absolute atomic E-state index is 0.194. The number of aromatic nitrogens is 4.